The van der Waals surface area contributed by atoms with E-state index in [-0.39, 0.29) is 16.8 Å². The third kappa shape index (κ3) is 1.98. The lowest BCUT2D eigenvalue weighted by molar-refractivity contribution is 0.0240. The second kappa shape index (κ2) is 4.85. The van der Waals surface area contributed by atoms with Gasteiger partial charge in [-0.1, -0.05) is 48.4 Å². The maximum Gasteiger partial charge on any atom is 0.0561 e. The van der Waals surface area contributed by atoms with Crippen LogP contribution < -0.4 is 0 Å². The van der Waals surface area contributed by atoms with Gasteiger partial charge in [-0.25, -0.2) is 0 Å². The van der Waals surface area contributed by atoms with E-state index in [9.17, 15) is 5.11 Å². The van der Waals surface area contributed by atoms with Gasteiger partial charge in [0.25, 0.3) is 0 Å². The summed E-state index contributed by atoms with van der Waals surface area (Å²) < 4.78 is 0. The topological polar surface area (TPSA) is 20.2 Å². The molecule has 1 nitrogen and oxygen atoms in total. The summed E-state index contributed by atoms with van der Waals surface area (Å²) in [5, 5.41) is 9.59. The average Bonchev–Trinajstić information content (AvgIpc) is 3.17. The molecule has 4 aliphatic carbocycles. The second-order valence-electron chi connectivity index (χ2n) is 9.56. The lowest BCUT2D eigenvalue weighted by atomic mass is 9.49. The molecule has 7 atom stereocenters. The quantitative estimate of drug-likeness (QED) is 0.517. The van der Waals surface area contributed by atoms with Crippen LogP contribution in [0.15, 0.2) is 11.6 Å². The van der Waals surface area contributed by atoms with Crippen LogP contribution >= 0.6 is 15.9 Å². The van der Waals surface area contributed by atoms with E-state index in [0.29, 0.717) is 10.8 Å². The molecule has 4 rings (SSSR count). The fraction of sp³-hybridized carbons (Fsp3) is 0.900. The Labute approximate surface area is 144 Å². The first-order valence-corrected chi connectivity index (χ1v) is 10.2. The van der Waals surface area contributed by atoms with Crippen LogP contribution in [0, 0.1) is 34.0 Å². The van der Waals surface area contributed by atoms with E-state index in [1.165, 1.54) is 38.5 Å². The number of hydrogen-bond donors (Lipinski definition) is 1. The normalized spacial score (nSPS) is 54.6. The smallest absolute Gasteiger partial charge is 0.0561 e. The van der Waals surface area contributed by atoms with Gasteiger partial charge in [-0.05, 0) is 78.9 Å². The molecule has 0 saturated heterocycles. The van der Waals surface area contributed by atoms with E-state index in [4.69, 9.17) is 0 Å². The lowest BCUT2D eigenvalue weighted by Crippen LogP contribution is -2.47. The number of hydrogen-bond acceptors (Lipinski definition) is 1. The summed E-state index contributed by atoms with van der Waals surface area (Å²) in [6, 6.07) is 0. The SMILES string of the molecule is CC12CC[C@@H]3C[C@]3(C)[C@H]1CCC1C[C@@](C)(C(Br)CO)CC=C12. The van der Waals surface area contributed by atoms with Crippen molar-refractivity contribution in [2.75, 3.05) is 6.61 Å². The van der Waals surface area contributed by atoms with Crippen molar-refractivity contribution in [3.63, 3.8) is 0 Å². The monoisotopic (exact) mass is 366 g/mol. The molecule has 0 amide bonds. The van der Waals surface area contributed by atoms with Gasteiger partial charge < -0.3 is 5.11 Å². The van der Waals surface area contributed by atoms with E-state index in [2.05, 4.69) is 42.8 Å². The zero-order valence-corrected chi connectivity index (χ0v) is 16.0. The molecular formula is C20H31BrO. The standard InChI is InChI=1S/C20H31BrO/c1-18(17(21)12-22)8-7-15-13(10-18)4-5-16-19(15,2)9-6-14-11-20(14,16)3/h7,13-14,16-17,22H,4-6,8-12H2,1-3H3/t13?,14-,16+,17?,18+,19?,20+/m1/s1. The van der Waals surface area contributed by atoms with Gasteiger partial charge in [0.1, 0.15) is 0 Å². The number of halogens is 1. The number of alkyl halides is 1. The molecule has 3 fully saturated rings. The van der Waals surface area contributed by atoms with E-state index < -0.39 is 0 Å². The first-order valence-electron chi connectivity index (χ1n) is 9.29. The third-order valence-corrected chi connectivity index (χ3v) is 9.75. The van der Waals surface area contributed by atoms with E-state index in [0.717, 1.165) is 24.2 Å². The van der Waals surface area contributed by atoms with Crippen LogP contribution in [-0.2, 0) is 0 Å². The molecule has 0 aromatic heterocycles. The van der Waals surface area contributed by atoms with Crippen LogP contribution in [-0.4, -0.2) is 16.5 Å². The number of aliphatic hydroxyl groups is 1. The maximum absolute atomic E-state index is 9.59. The highest BCUT2D eigenvalue weighted by atomic mass is 79.9. The van der Waals surface area contributed by atoms with Gasteiger partial charge in [-0.3, -0.25) is 0 Å². The summed E-state index contributed by atoms with van der Waals surface area (Å²) in [5.74, 6) is 2.74. The van der Waals surface area contributed by atoms with Crippen molar-refractivity contribution in [1.29, 1.82) is 0 Å². The largest absolute Gasteiger partial charge is 0.395 e. The molecule has 0 aromatic carbocycles. The average molecular weight is 367 g/mol. The maximum atomic E-state index is 9.59. The van der Waals surface area contributed by atoms with E-state index in [1.54, 1.807) is 0 Å². The van der Waals surface area contributed by atoms with Crippen LogP contribution in [0.5, 0.6) is 0 Å². The Morgan fingerprint density at radius 2 is 2.00 bits per heavy atom. The number of allylic oxidation sites excluding steroid dienone is 2. The van der Waals surface area contributed by atoms with E-state index >= 15 is 0 Å². The van der Waals surface area contributed by atoms with Crippen molar-refractivity contribution in [3.8, 4) is 0 Å². The highest BCUT2D eigenvalue weighted by molar-refractivity contribution is 9.09. The predicted molar refractivity (Wildman–Crippen MR) is 95.0 cm³/mol. The lowest BCUT2D eigenvalue weighted by Gasteiger charge is -2.56. The Kier molecular flexibility index (Phi) is 3.46. The van der Waals surface area contributed by atoms with Gasteiger partial charge in [0, 0.05) is 4.83 Å². The van der Waals surface area contributed by atoms with Gasteiger partial charge in [0.05, 0.1) is 6.61 Å². The molecule has 0 radical (unpaired) electrons. The fourth-order valence-corrected chi connectivity index (χ4v) is 7.14. The molecule has 124 valence electrons. The zero-order chi connectivity index (χ0) is 15.8. The Balaban J connectivity index is 1.65. The summed E-state index contributed by atoms with van der Waals surface area (Å²) >= 11 is 3.74. The minimum absolute atomic E-state index is 0.229. The summed E-state index contributed by atoms with van der Waals surface area (Å²) in [7, 11) is 0. The van der Waals surface area contributed by atoms with Crippen LogP contribution in [0.2, 0.25) is 0 Å². The Bertz CT molecular complexity index is 514. The number of fused-ring (bicyclic) bond motifs is 5. The second-order valence-corrected chi connectivity index (χ2v) is 10.7. The first kappa shape index (κ1) is 15.7. The Morgan fingerprint density at radius 1 is 1.23 bits per heavy atom. The highest BCUT2D eigenvalue weighted by Crippen LogP contribution is 2.73. The van der Waals surface area contributed by atoms with Crippen LogP contribution in [0.3, 0.4) is 0 Å². The van der Waals surface area contributed by atoms with Gasteiger partial charge in [0.2, 0.25) is 0 Å². The fourth-order valence-electron chi connectivity index (χ4n) is 6.77. The Hall–Kier alpha value is 0.180. The van der Waals surface area contributed by atoms with Crippen molar-refractivity contribution in [1.82, 2.24) is 0 Å². The molecule has 0 spiro atoms. The summed E-state index contributed by atoms with van der Waals surface area (Å²) in [6.45, 7) is 7.79. The third-order valence-electron chi connectivity index (χ3n) is 8.36. The van der Waals surface area contributed by atoms with E-state index in [1.807, 2.05) is 5.57 Å². The molecular weight excluding hydrogens is 336 g/mol. The van der Waals surface area contributed by atoms with Crippen LogP contribution in [0.25, 0.3) is 0 Å². The van der Waals surface area contributed by atoms with Gasteiger partial charge in [0.15, 0.2) is 0 Å². The molecule has 3 unspecified atom stereocenters. The molecule has 22 heavy (non-hydrogen) atoms. The van der Waals surface area contributed by atoms with Crippen molar-refractivity contribution >= 4 is 15.9 Å². The predicted octanol–water partition coefficient (Wildman–Crippen LogP) is 5.32. The van der Waals surface area contributed by atoms with Gasteiger partial charge >= 0.3 is 0 Å². The minimum atomic E-state index is 0.229. The molecule has 0 aromatic rings. The minimum Gasteiger partial charge on any atom is -0.395 e. The molecule has 2 heteroatoms. The summed E-state index contributed by atoms with van der Waals surface area (Å²) in [6.07, 6.45) is 12.2. The summed E-state index contributed by atoms with van der Waals surface area (Å²) in [5.41, 5.74) is 3.19. The molecule has 0 aliphatic heterocycles. The van der Waals surface area contributed by atoms with Crippen molar-refractivity contribution < 1.29 is 5.11 Å². The van der Waals surface area contributed by atoms with Gasteiger partial charge in [-0.15, -0.1) is 0 Å². The molecule has 4 aliphatic rings. The zero-order valence-electron chi connectivity index (χ0n) is 14.4. The van der Waals surface area contributed by atoms with Crippen molar-refractivity contribution in [3.05, 3.63) is 11.6 Å². The number of aliphatic hydroxyl groups excluding tert-OH is 1. The van der Waals surface area contributed by atoms with Crippen LogP contribution in [0.4, 0.5) is 0 Å². The summed E-state index contributed by atoms with van der Waals surface area (Å²) in [4.78, 5) is 0.236. The van der Waals surface area contributed by atoms with Gasteiger partial charge in [-0.2, -0.15) is 0 Å². The highest BCUT2D eigenvalue weighted by Gasteiger charge is 2.65. The molecule has 1 N–H and O–H groups in total. The van der Waals surface area contributed by atoms with Crippen LogP contribution in [0.1, 0.15) is 65.7 Å². The number of rotatable bonds is 2. The molecule has 0 heterocycles. The van der Waals surface area contributed by atoms with Crippen molar-refractivity contribution in [2.24, 2.45) is 34.0 Å². The molecule has 0 bridgehead atoms. The Morgan fingerprint density at radius 3 is 2.73 bits per heavy atom. The van der Waals surface area contributed by atoms with Crippen molar-refractivity contribution in [2.45, 2.75) is 70.5 Å². The first-order chi connectivity index (χ1) is 10.3. The molecule has 3 saturated carbocycles.